The number of carboxylic acids is 1. The second-order valence-corrected chi connectivity index (χ2v) is 9.53. The van der Waals surface area contributed by atoms with Crippen molar-refractivity contribution in [3.8, 4) is 6.07 Å². The van der Waals surface area contributed by atoms with E-state index in [-0.39, 0.29) is 48.2 Å². The van der Waals surface area contributed by atoms with Gasteiger partial charge in [0.1, 0.15) is 11.2 Å². The smallest absolute Gasteiger partial charge is 0.356 e. The highest BCUT2D eigenvalue weighted by molar-refractivity contribution is 6.29. The van der Waals surface area contributed by atoms with E-state index in [0.717, 1.165) is 11.1 Å². The minimum absolute atomic E-state index is 0.0602. The van der Waals surface area contributed by atoms with Crippen molar-refractivity contribution in [2.24, 2.45) is 0 Å². The molecule has 37 heavy (non-hydrogen) atoms. The number of aromatic nitrogens is 4. The Kier molecular flexibility index (Phi) is 6.07. The van der Waals surface area contributed by atoms with Gasteiger partial charge in [-0.1, -0.05) is 17.7 Å². The third-order valence-electron chi connectivity index (χ3n) is 6.45. The lowest BCUT2D eigenvalue weighted by atomic mass is 10.0. The van der Waals surface area contributed by atoms with Crippen molar-refractivity contribution in [2.75, 3.05) is 23.3 Å². The lowest BCUT2D eigenvalue weighted by Gasteiger charge is -2.33. The summed E-state index contributed by atoms with van der Waals surface area (Å²) in [5.41, 5.74) is 2.96. The highest BCUT2D eigenvalue weighted by Gasteiger charge is 2.35. The molecule has 0 spiro atoms. The van der Waals surface area contributed by atoms with Gasteiger partial charge < -0.3 is 15.3 Å². The number of pyridine rings is 1. The first kappa shape index (κ1) is 24.6. The van der Waals surface area contributed by atoms with Crippen molar-refractivity contribution < 1.29 is 18.7 Å². The van der Waals surface area contributed by atoms with Crippen LogP contribution in [0, 0.1) is 18.3 Å². The summed E-state index contributed by atoms with van der Waals surface area (Å²) in [5, 5.41) is 23.0. The van der Waals surface area contributed by atoms with Crippen LogP contribution in [0.1, 0.15) is 53.1 Å². The number of hydrogen-bond donors (Lipinski definition) is 2. The molecular formula is C25H22ClF2N7O2. The number of nitrogens with zero attached hydrogens (tertiary/aromatic N) is 6. The molecule has 0 radical (unpaired) electrons. The van der Waals surface area contributed by atoms with E-state index in [1.165, 1.54) is 6.07 Å². The number of carbonyl (C=O) groups is 1. The van der Waals surface area contributed by atoms with E-state index in [0.29, 0.717) is 22.5 Å². The molecule has 2 N–H and O–H groups in total. The van der Waals surface area contributed by atoms with Gasteiger partial charge >= 0.3 is 5.97 Å². The zero-order valence-corrected chi connectivity index (χ0v) is 20.7. The number of aromatic carboxylic acids is 1. The van der Waals surface area contributed by atoms with Gasteiger partial charge in [0.15, 0.2) is 17.0 Å². The molecule has 0 unspecified atom stereocenters. The topological polar surface area (TPSA) is 119 Å². The Bertz CT molecular complexity index is 1590. The lowest BCUT2D eigenvalue weighted by molar-refractivity contribution is -0.0222. The Hall–Kier alpha value is -4.04. The van der Waals surface area contributed by atoms with Crippen LogP contribution in [0.25, 0.3) is 16.6 Å². The summed E-state index contributed by atoms with van der Waals surface area (Å²) in [6.45, 7) is 3.98. The van der Waals surface area contributed by atoms with E-state index in [4.69, 9.17) is 16.6 Å². The highest BCUT2D eigenvalue weighted by Crippen LogP contribution is 2.35. The molecule has 190 valence electrons. The maximum Gasteiger partial charge on any atom is 0.356 e. The molecule has 5 rings (SSSR count). The molecule has 1 aliphatic heterocycles. The molecular weight excluding hydrogens is 504 g/mol. The highest BCUT2D eigenvalue weighted by atomic mass is 35.5. The molecule has 1 saturated heterocycles. The average molecular weight is 526 g/mol. The zero-order valence-electron chi connectivity index (χ0n) is 20.0. The number of imidazole rings is 1. The molecule has 0 bridgehead atoms. The molecule has 4 heterocycles. The van der Waals surface area contributed by atoms with Crippen LogP contribution in [0.2, 0.25) is 5.15 Å². The van der Waals surface area contributed by atoms with Crippen molar-refractivity contribution in [1.82, 2.24) is 19.4 Å². The first-order chi connectivity index (χ1) is 17.6. The standard InChI is InChI=1S/C25H22ClF2N7O2/c1-13-9-16(14(2)30-18-3-4-19(26)32-21(18)23(36)37)20-17(10-13)22-31-15(11-29)12-35(22)24(33-20)34-7-5-25(27,28)6-8-34/h3-4,9-10,12,14,30H,5-8H2,1-2H3,(H,36,37)/t14-/m1/s1. The molecule has 12 heteroatoms. The summed E-state index contributed by atoms with van der Waals surface area (Å²) in [4.78, 5) is 26.8. The molecule has 0 aliphatic carbocycles. The number of nitriles is 1. The maximum absolute atomic E-state index is 13.9. The summed E-state index contributed by atoms with van der Waals surface area (Å²) >= 11 is 5.90. The Morgan fingerprint density at radius 1 is 1.24 bits per heavy atom. The molecule has 4 aromatic rings. The molecule has 0 amide bonds. The van der Waals surface area contributed by atoms with Crippen LogP contribution in [0.15, 0.2) is 30.5 Å². The van der Waals surface area contributed by atoms with Crippen LogP contribution in [-0.4, -0.2) is 49.4 Å². The van der Waals surface area contributed by atoms with Gasteiger partial charge in [-0.3, -0.25) is 4.40 Å². The number of halogens is 3. The Balaban J connectivity index is 1.67. The molecule has 0 saturated carbocycles. The zero-order chi connectivity index (χ0) is 26.5. The fraction of sp³-hybridized carbons (Fsp3) is 0.320. The minimum Gasteiger partial charge on any atom is -0.476 e. The molecule has 1 aromatic carbocycles. The van der Waals surface area contributed by atoms with Crippen molar-refractivity contribution in [1.29, 1.82) is 5.26 Å². The monoisotopic (exact) mass is 525 g/mol. The van der Waals surface area contributed by atoms with Gasteiger partial charge in [0, 0.05) is 36.9 Å². The normalized spacial score (nSPS) is 16.1. The number of anilines is 2. The average Bonchev–Trinajstić information content (AvgIpc) is 3.29. The van der Waals surface area contributed by atoms with Crippen LogP contribution < -0.4 is 10.2 Å². The van der Waals surface area contributed by atoms with Gasteiger partial charge in [-0.15, -0.1) is 0 Å². The van der Waals surface area contributed by atoms with E-state index in [1.54, 1.807) is 21.6 Å². The van der Waals surface area contributed by atoms with Gasteiger partial charge in [0.2, 0.25) is 5.95 Å². The minimum atomic E-state index is -2.73. The second kappa shape index (κ2) is 9.12. The fourth-order valence-corrected chi connectivity index (χ4v) is 4.79. The first-order valence-electron chi connectivity index (χ1n) is 11.6. The summed E-state index contributed by atoms with van der Waals surface area (Å²) in [7, 11) is 0. The van der Waals surface area contributed by atoms with Gasteiger partial charge in [-0.05, 0) is 37.6 Å². The number of aryl methyl sites for hydroxylation is 1. The van der Waals surface area contributed by atoms with Gasteiger partial charge in [0.05, 0.1) is 23.4 Å². The third-order valence-corrected chi connectivity index (χ3v) is 6.66. The number of rotatable bonds is 5. The number of hydrogen-bond acceptors (Lipinski definition) is 7. The summed E-state index contributed by atoms with van der Waals surface area (Å²) in [6, 6.07) is 8.49. The van der Waals surface area contributed by atoms with Crippen molar-refractivity contribution in [3.05, 3.63) is 58.1 Å². The van der Waals surface area contributed by atoms with E-state index in [9.17, 15) is 23.9 Å². The fourth-order valence-electron chi connectivity index (χ4n) is 4.65. The molecule has 1 aliphatic rings. The molecule has 9 nitrogen and oxygen atoms in total. The van der Waals surface area contributed by atoms with E-state index in [1.807, 2.05) is 32.0 Å². The quantitative estimate of drug-likeness (QED) is 0.340. The Labute approximate surface area is 215 Å². The van der Waals surface area contributed by atoms with Gasteiger partial charge in [0.25, 0.3) is 5.92 Å². The van der Waals surface area contributed by atoms with Gasteiger partial charge in [-0.25, -0.2) is 28.5 Å². The second-order valence-electron chi connectivity index (χ2n) is 9.14. The van der Waals surface area contributed by atoms with Crippen LogP contribution in [0.4, 0.5) is 20.4 Å². The van der Waals surface area contributed by atoms with E-state index >= 15 is 0 Å². The maximum atomic E-state index is 13.9. The van der Waals surface area contributed by atoms with Crippen LogP contribution in [0.5, 0.6) is 0 Å². The number of fused-ring (bicyclic) bond motifs is 3. The Morgan fingerprint density at radius 2 is 1.97 bits per heavy atom. The predicted octanol–water partition coefficient (Wildman–Crippen LogP) is 5.22. The largest absolute Gasteiger partial charge is 0.476 e. The van der Waals surface area contributed by atoms with Crippen LogP contribution in [0.3, 0.4) is 0 Å². The van der Waals surface area contributed by atoms with Crippen molar-refractivity contribution >= 4 is 45.8 Å². The van der Waals surface area contributed by atoms with Crippen molar-refractivity contribution in [3.63, 3.8) is 0 Å². The van der Waals surface area contributed by atoms with E-state index < -0.39 is 17.9 Å². The van der Waals surface area contributed by atoms with Crippen molar-refractivity contribution in [2.45, 2.75) is 38.7 Å². The molecule has 1 fully saturated rings. The molecule has 1 atom stereocenters. The number of piperidine rings is 1. The number of benzene rings is 1. The Morgan fingerprint density at radius 3 is 2.65 bits per heavy atom. The summed E-state index contributed by atoms with van der Waals surface area (Å²) in [5.74, 6) is -3.53. The lowest BCUT2D eigenvalue weighted by Crippen LogP contribution is -2.40. The first-order valence-corrected chi connectivity index (χ1v) is 12.0. The van der Waals surface area contributed by atoms with Crippen LogP contribution in [-0.2, 0) is 0 Å². The van der Waals surface area contributed by atoms with Crippen LogP contribution >= 0.6 is 11.6 Å². The summed E-state index contributed by atoms with van der Waals surface area (Å²) in [6.07, 6.45) is 0.967. The number of carboxylic acid groups (broad SMARTS) is 1. The van der Waals surface area contributed by atoms with E-state index in [2.05, 4.69) is 15.3 Å². The number of alkyl halides is 2. The summed E-state index contributed by atoms with van der Waals surface area (Å²) < 4.78 is 29.4. The van der Waals surface area contributed by atoms with Gasteiger partial charge in [-0.2, -0.15) is 5.26 Å². The number of nitrogens with one attached hydrogen (secondary N) is 1. The SMILES string of the molecule is Cc1cc([C@@H](C)Nc2ccc(Cl)nc2C(=O)O)c2nc(N3CCC(F)(F)CC3)n3cc(C#N)nc3c2c1. The third kappa shape index (κ3) is 4.60. The predicted molar refractivity (Wildman–Crippen MR) is 135 cm³/mol. The molecule has 3 aromatic heterocycles.